The van der Waals surface area contributed by atoms with E-state index in [9.17, 15) is 5.11 Å². The van der Waals surface area contributed by atoms with Crippen LogP contribution in [0.4, 0.5) is 0 Å². The largest absolute Gasteiger partial charge is 0.388 e. The SMILES string of the molecule is C=C(CC(C)(C)C)NC(CC(C(C)C)C(O)c1ccc(CC)c(CCCCCC)c1)C1CC(=C)[C@H](C(C)C)C1.CC. The fourth-order valence-corrected chi connectivity index (χ4v) is 6.89. The molecule has 2 heteroatoms. The van der Waals surface area contributed by atoms with Crippen molar-refractivity contribution in [3.8, 4) is 0 Å². The van der Waals surface area contributed by atoms with Crippen molar-refractivity contribution in [3.63, 3.8) is 0 Å². The van der Waals surface area contributed by atoms with Crippen LogP contribution in [0.15, 0.2) is 42.6 Å². The minimum Gasteiger partial charge on any atom is -0.388 e. The molecule has 0 spiro atoms. The molecule has 1 aliphatic rings. The topological polar surface area (TPSA) is 32.3 Å². The van der Waals surface area contributed by atoms with Crippen LogP contribution < -0.4 is 5.32 Å². The molecule has 1 aliphatic carbocycles. The summed E-state index contributed by atoms with van der Waals surface area (Å²) in [5.74, 6) is 2.31. The van der Waals surface area contributed by atoms with Gasteiger partial charge in [0.2, 0.25) is 0 Å². The Morgan fingerprint density at radius 1 is 1.02 bits per heavy atom. The monoisotopic (exact) mass is 568 g/mol. The number of aryl methyl sites for hydroxylation is 2. The number of hydrogen-bond donors (Lipinski definition) is 2. The number of aliphatic hydroxyl groups is 1. The Hall–Kier alpha value is -1.54. The second kappa shape index (κ2) is 18.2. The summed E-state index contributed by atoms with van der Waals surface area (Å²) in [6.45, 7) is 33.5. The summed E-state index contributed by atoms with van der Waals surface area (Å²) in [7, 11) is 0. The number of benzene rings is 1. The molecule has 0 radical (unpaired) electrons. The zero-order valence-electron chi connectivity index (χ0n) is 29.2. The van der Waals surface area contributed by atoms with Gasteiger partial charge in [0.1, 0.15) is 0 Å². The van der Waals surface area contributed by atoms with Gasteiger partial charge in [0.25, 0.3) is 0 Å². The van der Waals surface area contributed by atoms with E-state index in [2.05, 4.69) is 99.0 Å². The summed E-state index contributed by atoms with van der Waals surface area (Å²) < 4.78 is 0. The van der Waals surface area contributed by atoms with Crippen LogP contribution >= 0.6 is 0 Å². The molecule has 0 heterocycles. The minimum absolute atomic E-state index is 0.178. The van der Waals surface area contributed by atoms with Crippen molar-refractivity contribution in [2.45, 2.75) is 153 Å². The standard InChI is InChI=1S/C37H63NO.C2H6/c1-12-14-15-16-17-30-21-31(19-18-29(30)13-2)36(39)34(26(5)6)23-35(38-28(8)24-37(9,10)11)32-20-27(7)33(22-32)25(3)4;1-2/h18-19,21,25-26,32-36,38-39H,7-8,12-17,20,22-24H2,1-6,9-11H3;1-2H3/t32?,33-,34?,35?,36?;/m0./s1. The summed E-state index contributed by atoms with van der Waals surface area (Å²) >= 11 is 0. The van der Waals surface area contributed by atoms with Crippen LogP contribution in [-0.4, -0.2) is 11.1 Å². The van der Waals surface area contributed by atoms with Crippen LogP contribution in [0.3, 0.4) is 0 Å². The molecule has 0 aromatic heterocycles. The van der Waals surface area contributed by atoms with Crippen molar-refractivity contribution < 1.29 is 5.11 Å². The fraction of sp³-hybridized carbons (Fsp3) is 0.744. The van der Waals surface area contributed by atoms with Gasteiger partial charge in [-0.1, -0.05) is 132 Å². The Labute approximate surface area is 256 Å². The van der Waals surface area contributed by atoms with Crippen molar-refractivity contribution in [1.29, 1.82) is 0 Å². The van der Waals surface area contributed by atoms with E-state index in [1.54, 1.807) is 0 Å². The fourth-order valence-electron chi connectivity index (χ4n) is 6.89. The highest BCUT2D eigenvalue weighted by Crippen LogP contribution is 2.44. The molecule has 41 heavy (non-hydrogen) atoms. The Morgan fingerprint density at radius 2 is 1.68 bits per heavy atom. The molecule has 0 saturated heterocycles. The Balaban J connectivity index is 0.00000411. The molecule has 4 unspecified atom stereocenters. The summed E-state index contributed by atoms with van der Waals surface area (Å²) in [6, 6.07) is 7.10. The van der Waals surface area contributed by atoms with Gasteiger partial charge in [-0.25, -0.2) is 0 Å². The van der Waals surface area contributed by atoms with Gasteiger partial charge >= 0.3 is 0 Å². The molecule has 5 atom stereocenters. The summed E-state index contributed by atoms with van der Waals surface area (Å²) in [5.41, 5.74) is 6.70. The van der Waals surface area contributed by atoms with E-state index >= 15 is 0 Å². The highest BCUT2D eigenvalue weighted by molar-refractivity contribution is 5.34. The van der Waals surface area contributed by atoms with Crippen molar-refractivity contribution in [2.75, 3.05) is 0 Å². The third kappa shape index (κ3) is 12.3. The smallest absolute Gasteiger partial charge is 0.0821 e. The molecule has 236 valence electrons. The van der Waals surface area contributed by atoms with Crippen molar-refractivity contribution in [3.05, 3.63) is 59.3 Å². The molecule has 0 aliphatic heterocycles. The third-order valence-corrected chi connectivity index (χ3v) is 9.15. The molecular formula is C39H69NO. The number of rotatable bonds is 16. The average molecular weight is 568 g/mol. The number of aliphatic hydroxyl groups excluding tert-OH is 1. The average Bonchev–Trinajstić information content (AvgIpc) is 3.30. The summed E-state index contributed by atoms with van der Waals surface area (Å²) in [4.78, 5) is 0. The molecule has 1 fully saturated rings. The summed E-state index contributed by atoms with van der Waals surface area (Å²) in [5, 5.41) is 15.8. The van der Waals surface area contributed by atoms with E-state index in [-0.39, 0.29) is 11.3 Å². The predicted octanol–water partition coefficient (Wildman–Crippen LogP) is 11.2. The quantitative estimate of drug-likeness (QED) is 0.154. The molecule has 1 aromatic rings. The lowest BCUT2D eigenvalue weighted by Gasteiger charge is -2.35. The lowest BCUT2D eigenvalue weighted by molar-refractivity contribution is 0.0634. The first-order chi connectivity index (χ1) is 19.3. The number of hydrogen-bond acceptors (Lipinski definition) is 2. The van der Waals surface area contributed by atoms with Gasteiger partial charge in [0.15, 0.2) is 0 Å². The van der Waals surface area contributed by atoms with Crippen LogP contribution in [0.1, 0.15) is 150 Å². The minimum atomic E-state index is -0.462. The zero-order valence-corrected chi connectivity index (χ0v) is 29.2. The van der Waals surface area contributed by atoms with Crippen LogP contribution in [0.2, 0.25) is 0 Å². The number of allylic oxidation sites excluding steroid dienone is 2. The normalized spacial score (nSPS) is 19.6. The van der Waals surface area contributed by atoms with Gasteiger partial charge in [-0.2, -0.15) is 0 Å². The number of nitrogens with one attached hydrogen (secondary N) is 1. The first-order valence-electron chi connectivity index (χ1n) is 17.2. The number of unbranched alkanes of at least 4 members (excludes halogenated alkanes) is 3. The Kier molecular flexibility index (Phi) is 16.6. The van der Waals surface area contributed by atoms with Crippen LogP contribution in [0, 0.1) is 35.0 Å². The Bertz CT molecular complexity index is 905. The predicted molar refractivity (Wildman–Crippen MR) is 183 cm³/mol. The van der Waals surface area contributed by atoms with Crippen molar-refractivity contribution >= 4 is 0 Å². The van der Waals surface area contributed by atoms with Crippen molar-refractivity contribution in [1.82, 2.24) is 5.32 Å². The van der Waals surface area contributed by atoms with Gasteiger partial charge in [-0.15, -0.1) is 0 Å². The van der Waals surface area contributed by atoms with Gasteiger partial charge < -0.3 is 10.4 Å². The van der Waals surface area contributed by atoms with Crippen LogP contribution in [0.25, 0.3) is 0 Å². The van der Waals surface area contributed by atoms with E-state index in [0.717, 1.165) is 43.4 Å². The van der Waals surface area contributed by atoms with E-state index in [0.29, 0.717) is 29.7 Å². The lowest BCUT2D eigenvalue weighted by atomic mass is 9.77. The molecule has 2 nitrogen and oxygen atoms in total. The van der Waals surface area contributed by atoms with Gasteiger partial charge in [-0.3, -0.25) is 0 Å². The maximum Gasteiger partial charge on any atom is 0.0821 e. The third-order valence-electron chi connectivity index (χ3n) is 9.15. The zero-order chi connectivity index (χ0) is 31.3. The second-order valence-corrected chi connectivity index (χ2v) is 14.6. The van der Waals surface area contributed by atoms with E-state index in [4.69, 9.17) is 0 Å². The van der Waals surface area contributed by atoms with E-state index < -0.39 is 6.10 Å². The van der Waals surface area contributed by atoms with Gasteiger partial charge in [0.05, 0.1) is 6.10 Å². The molecule has 0 bridgehead atoms. The lowest BCUT2D eigenvalue weighted by Crippen LogP contribution is -2.39. The molecule has 1 aromatic carbocycles. The van der Waals surface area contributed by atoms with Crippen LogP contribution in [-0.2, 0) is 12.8 Å². The molecule has 2 N–H and O–H groups in total. The second-order valence-electron chi connectivity index (χ2n) is 14.6. The summed E-state index contributed by atoms with van der Waals surface area (Å²) in [6.07, 6.45) is 11.0. The molecule has 1 saturated carbocycles. The maximum absolute atomic E-state index is 11.9. The van der Waals surface area contributed by atoms with Gasteiger partial charge in [0, 0.05) is 11.7 Å². The Morgan fingerprint density at radius 3 is 2.20 bits per heavy atom. The van der Waals surface area contributed by atoms with Crippen molar-refractivity contribution in [2.24, 2.45) is 35.0 Å². The maximum atomic E-state index is 11.9. The van der Waals surface area contributed by atoms with Crippen LogP contribution in [0.5, 0.6) is 0 Å². The first-order valence-corrected chi connectivity index (χ1v) is 17.2. The van der Waals surface area contributed by atoms with E-state index in [1.165, 1.54) is 48.8 Å². The molecule has 2 rings (SSSR count). The molecular weight excluding hydrogens is 498 g/mol. The molecule has 0 amide bonds. The van der Waals surface area contributed by atoms with E-state index in [1.807, 2.05) is 13.8 Å². The first kappa shape index (κ1) is 37.5. The highest BCUT2D eigenvalue weighted by Gasteiger charge is 2.38. The highest BCUT2D eigenvalue weighted by atomic mass is 16.3. The van der Waals surface area contributed by atoms with Gasteiger partial charge in [-0.05, 0) is 96.6 Å².